The number of aromatic nitrogens is 2. The van der Waals surface area contributed by atoms with Crippen LogP contribution in [0.3, 0.4) is 0 Å². The van der Waals surface area contributed by atoms with Crippen molar-refractivity contribution in [3.05, 3.63) is 46.1 Å². The van der Waals surface area contributed by atoms with Gasteiger partial charge in [0.15, 0.2) is 0 Å². The zero-order valence-electron chi connectivity index (χ0n) is 19.8. The molecule has 4 heterocycles. The first-order valence-corrected chi connectivity index (χ1v) is 12.6. The topological polar surface area (TPSA) is 119 Å². The Bertz CT molecular complexity index is 1220. The van der Waals surface area contributed by atoms with E-state index in [0.29, 0.717) is 17.2 Å². The van der Waals surface area contributed by atoms with Gasteiger partial charge >= 0.3 is 0 Å². The summed E-state index contributed by atoms with van der Waals surface area (Å²) in [7, 11) is 1.70. The van der Waals surface area contributed by atoms with Crippen molar-refractivity contribution in [2.45, 2.75) is 50.6 Å². The summed E-state index contributed by atoms with van der Waals surface area (Å²) >= 11 is 1.36. The zero-order valence-corrected chi connectivity index (χ0v) is 20.6. The SMILES string of the molecule is COCC1(N)CCCN(c2ccc3c(n2)CCC(NC(=O)c2sc4nc(C)ccc4c2N)C3)C1. The predicted molar refractivity (Wildman–Crippen MR) is 137 cm³/mol. The fraction of sp³-hybridized carbons (Fsp3) is 0.480. The van der Waals surface area contributed by atoms with Gasteiger partial charge in [-0.25, -0.2) is 9.97 Å². The van der Waals surface area contributed by atoms with Gasteiger partial charge in [-0.3, -0.25) is 4.79 Å². The van der Waals surface area contributed by atoms with Gasteiger partial charge in [-0.1, -0.05) is 6.07 Å². The number of amides is 1. The molecule has 0 bridgehead atoms. The number of nitrogen functional groups attached to an aromatic ring is 1. The van der Waals surface area contributed by atoms with E-state index in [1.165, 1.54) is 16.9 Å². The highest BCUT2D eigenvalue weighted by atomic mass is 32.1. The van der Waals surface area contributed by atoms with E-state index in [-0.39, 0.29) is 17.5 Å². The molecule has 2 atom stereocenters. The lowest BCUT2D eigenvalue weighted by molar-refractivity contribution is 0.0938. The van der Waals surface area contributed by atoms with Crippen molar-refractivity contribution in [3.63, 3.8) is 0 Å². The van der Waals surface area contributed by atoms with Gasteiger partial charge in [-0.05, 0) is 62.8 Å². The molecule has 8 nitrogen and oxygen atoms in total. The minimum atomic E-state index is -0.331. The van der Waals surface area contributed by atoms with Crippen LogP contribution in [-0.4, -0.2) is 54.3 Å². The minimum absolute atomic E-state index is 0.0559. The molecule has 0 aromatic carbocycles. The van der Waals surface area contributed by atoms with Gasteiger partial charge in [0, 0.05) is 43.0 Å². The minimum Gasteiger partial charge on any atom is -0.397 e. The van der Waals surface area contributed by atoms with E-state index < -0.39 is 0 Å². The molecule has 1 aliphatic carbocycles. The van der Waals surface area contributed by atoms with Gasteiger partial charge in [-0.2, -0.15) is 0 Å². The third-order valence-electron chi connectivity index (χ3n) is 6.89. The molecular weight excluding hydrogens is 448 g/mol. The van der Waals surface area contributed by atoms with Gasteiger partial charge in [0.05, 0.1) is 17.8 Å². The maximum absolute atomic E-state index is 13.0. The number of carbonyl (C=O) groups excluding carboxylic acids is 1. The van der Waals surface area contributed by atoms with Crippen LogP contribution in [-0.2, 0) is 17.6 Å². The predicted octanol–water partition coefficient (Wildman–Crippen LogP) is 2.81. The van der Waals surface area contributed by atoms with Crippen LogP contribution >= 0.6 is 11.3 Å². The summed E-state index contributed by atoms with van der Waals surface area (Å²) < 4.78 is 5.35. The summed E-state index contributed by atoms with van der Waals surface area (Å²) in [6, 6.07) is 8.15. The number of ether oxygens (including phenoxy) is 1. The van der Waals surface area contributed by atoms with Crippen molar-refractivity contribution in [2.24, 2.45) is 5.73 Å². The molecule has 1 aliphatic heterocycles. The number of anilines is 2. The number of aryl methyl sites for hydroxylation is 2. The van der Waals surface area contributed by atoms with E-state index in [1.807, 2.05) is 19.1 Å². The summed E-state index contributed by atoms with van der Waals surface area (Å²) in [4.78, 5) is 26.1. The Morgan fingerprint density at radius 3 is 3.00 bits per heavy atom. The van der Waals surface area contributed by atoms with E-state index in [9.17, 15) is 4.79 Å². The summed E-state index contributed by atoms with van der Waals surface area (Å²) in [5.74, 6) is 0.856. The van der Waals surface area contributed by atoms with E-state index in [0.717, 1.165) is 72.6 Å². The van der Waals surface area contributed by atoms with Crippen LogP contribution in [0.25, 0.3) is 10.2 Å². The fourth-order valence-electron chi connectivity index (χ4n) is 5.17. The van der Waals surface area contributed by atoms with Crippen LogP contribution in [0.15, 0.2) is 24.3 Å². The highest BCUT2D eigenvalue weighted by Crippen LogP contribution is 2.33. The highest BCUT2D eigenvalue weighted by Gasteiger charge is 2.33. The molecule has 5 rings (SSSR count). The Labute approximate surface area is 203 Å². The Balaban J connectivity index is 1.27. The Morgan fingerprint density at radius 1 is 1.32 bits per heavy atom. The Hall–Kier alpha value is -2.75. The number of nitrogens with one attached hydrogen (secondary N) is 1. The van der Waals surface area contributed by atoms with Crippen LogP contribution in [0, 0.1) is 6.92 Å². The molecule has 0 saturated carbocycles. The van der Waals surface area contributed by atoms with Crippen LogP contribution in [0.1, 0.15) is 45.9 Å². The summed E-state index contributed by atoms with van der Waals surface area (Å²) in [6.07, 6.45) is 4.44. The zero-order chi connectivity index (χ0) is 23.9. The number of carbonyl (C=O) groups is 1. The highest BCUT2D eigenvalue weighted by molar-refractivity contribution is 7.21. The van der Waals surface area contributed by atoms with Crippen molar-refractivity contribution in [1.82, 2.24) is 15.3 Å². The number of rotatable bonds is 5. The molecule has 1 fully saturated rings. The second-order valence-corrected chi connectivity index (χ2v) is 10.7. The first-order chi connectivity index (χ1) is 16.3. The van der Waals surface area contributed by atoms with Crippen molar-refractivity contribution in [2.75, 3.05) is 37.4 Å². The Kier molecular flexibility index (Phi) is 6.18. The monoisotopic (exact) mass is 480 g/mol. The maximum Gasteiger partial charge on any atom is 0.263 e. The van der Waals surface area contributed by atoms with Gasteiger partial charge < -0.3 is 26.4 Å². The molecule has 0 radical (unpaired) electrons. The molecule has 2 unspecified atom stereocenters. The standard InChI is InChI=1S/C25H32N6O2S/c1-15-4-7-18-21(26)22(34-24(18)28-15)23(32)29-17-6-8-19-16(12-17)5-9-20(30-19)31-11-3-10-25(27,13-31)14-33-2/h4-5,7,9,17H,3,6,8,10-14,26-27H2,1-2H3,(H,29,32). The second-order valence-electron chi connectivity index (χ2n) is 9.66. The molecule has 9 heteroatoms. The van der Waals surface area contributed by atoms with Crippen molar-refractivity contribution in [1.29, 1.82) is 0 Å². The van der Waals surface area contributed by atoms with Gasteiger partial charge in [0.1, 0.15) is 15.5 Å². The van der Waals surface area contributed by atoms with E-state index in [1.54, 1.807) is 7.11 Å². The fourth-order valence-corrected chi connectivity index (χ4v) is 6.21. The van der Waals surface area contributed by atoms with Crippen LogP contribution in [0.5, 0.6) is 0 Å². The number of nitrogens with two attached hydrogens (primary N) is 2. The second kappa shape index (κ2) is 9.13. The molecular formula is C25H32N6O2S. The molecule has 1 saturated heterocycles. The van der Waals surface area contributed by atoms with Crippen LogP contribution < -0.4 is 21.7 Å². The maximum atomic E-state index is 13.0. The summed E-state index contributed by atoms with van der Waals surface area (Å²) in [5.41, 5.74) is 16.2. The molecule has 1 amide bonds. The van der Waals surface area contributed by atoms with Gasteiger partial charge in [0.2, 0.25) is 0 Å². The van der Waals surface area contributed by atoms with Crippen molar-refractivity contribution in [3.8, 4) is 0 Å². The number of methoxy groups -OCH3 is 1. The number of hydrogen-bond acceptors (Lipinski definition) is 8. The first kappa shape index (κ1) is 23.0. The summed E-state index contributed by atoms with van der Waals surface area (Å²) in [5, 5.41) is 4.03. The largest absolute Gasteiger partial charge is 0.397 e. The quantitative estimate of drug-likeness (QED) is 0.514. The van der Waals surface area contributed by atoms with E-state index in [4.69, 9.17) is 21.2 Å². The first-order valence-electron chi connectivity index (χ1n) is 11.8. The van der Waals surface area contributed by atoms with Crippen LogP contribution in [0.4, 0.5) is 11.5 Å². The molecule has 5 N–H and O–H groups in total. The number of thiophene rings is 1. The molecule has 180 valence electrons. The molecule has 3 aromatic rings. The molecule has 3 aromatic heterocycles. The lowest BCUT2D eigenvalue weighted by Crippen LogP contribution is -2.57. The van der Waals surface area contributed by atoms with E-state index >= 15 is 0 Å². The van der Waals surface area contributed by atoms with Crippen LogP contribution in [0.2, 0.25) is 0 Å². The molecule has 0 spiro atoms. The number of piperidine rings is 1. The lowest BCUT2D eigenvalue weighted by atomic mass is 9.90. The number of nitrogens with zero attached hydrogens (tertiary/aromatic N) is 3. The average molecular weight is 481 g/mol. The third-order valence-corrected chi connectivity index (χ3v) is 8.00. The lowest BCUT2D eigenvalue weighted by Gasteiger charge is -2.40. The smallest absolute Gasteiger partial charge is 0.263 e. The molecule has 2 aliphatic rings. The van der Waals surface area contributed by atoms with E-state index in [2.05, 4.69) is 27.3 Å². The molecule has 34 heavy (non-hydrogen) atoms. The third kappa shape index (κ3) is 4.47. The Morgan fingerprint density at radius 2 is 2.18 bits per heavy atom. The number of fused-ring (bicyclic) bond motifs is 2. The van der Waals surface area contributed by atoms with Gasteiger partial charge in [-0.15, -0.1) is 11.3 Å². The van der Waals surface area contributed by atoms with Crippen molar-refractivity contribution >= 4 is 39.0 Å². The number of hydrogen-bond donors (Lipinski definition) is 3. The average Bonchev–Trinajstić information content (AvgIpc) is 3.14. The van der Waals surface area contributed by atoms with Crippen molar-refractivity contribution < 1.29 is 9.53 Å². The number of pyridine rings is 2. The summed E-state index contributed by atoms with van der Waals surface area (Å²) in [6.45, 7) is 4.19. The van der Waals surface area contributed by atoms with Gasteiger partial charge in [0.25, 0.3) is 5.91 Å². The normalized spacial score (nSPS) is 22.6.